The Morgan fingerprint density at radius 1 is 1.21 bits per heavy atom. The third kappa shape index (κ3) is 5.16. The smallest absolute Gasteiger partial charge is 0.252 e. The highest BCUT2D eigenvalue weighted by Gasteiger charge is 2.25. The Hall–Kier alpha value is -3.82. The fourth-order valence-corrected chi connectivity index (χ4v) is 3.62. The topological polar surface area (TPSA) is 105 Å². The van der Waals surface area contributed by atoms with Gasteiger partial charge in [-0.1, -0.05) is 18.2 Å². The predicted molar refractivity (Wildman–Crippen MR) is 121 cm³/mol. The van der Waals surface area contributed by atoms with Gasteiger partial charge in [-0.3, -0.25) is 14.6 Å². The van der Waals surface area contributed by atoms with E-state index in [0.717, 1.165) is 5.56 Å². The quantitative estimate of drug-likeness (QED) is 0.364. The molecule has 0 radical (unpaired) electrons. The number of benzene rings is 2. The largest absolute Gasteiger partial charge is 0.394 e. The number of nitrogens with zero attached hydrogens (tertiary/aromatic N) is 3. The average molecular weight is 449 g/mol. The van der Waals surface area contributed by atoms with E-state index in [2.05, 4.69) is 20.6 Å². The number of aliphatic hydroxyl groups excluding tert-OH is 1. The molecule has 0 saturated heterocycles. The molecule has 0 fully saturated rings. The Labute approximate surface area is 190 Å². The maximum Gasteiger partial charge on any atom is 0.252 e. The molecule has 0 aliphatic carbocycles. The van der Waals surface area contributed by atoms with Crippen molar-refractivity contribution >= 4 is 5.91 Å². The Kier molecular flexibility index (Phi) is 6.92. The number of rotatable bonds is 9. The maximum absolute atomic E-state index is 13.3. The second-order valence-electron chi connectivity index (χ2n) is 7.48. The zero-order chi connectivity index (χ0) is 23.2. The summed E-state index contributed by atoms with van der Waals surface area (Å²) in [7, 11) is 1.48. The number of carbonyl (C=O) groups is 1. The van der Waals surface area contributed by atoms with E-state index in [0.29, 0.717) is 29.1 Å². The molecule has 0 aliphatic rings. The number of H-pyrrole nitrogens is 1. The monoisotopic (exact) mass is 449 g/mol. The fourth-order valence-electron chi connectivity index (χ4n) is 3.62. The van der Waals surface area contributed by atoms with Crippen LogP contribution in [0.25, 0.3) is 22.5 Å². The molecular formula is C24H24FN5O3. The molecule has 0 spiro atoms. The van der Waals surface area contributed by atoms with Crippen LogP contribution in [-0.4, -0.2) is 56.9 Å². The molecule has 3 N–H and O–H groups in total. The lowest BCUT2D eigenvalue weighted by molar-refractivity contribution is 0.0167. The van der Waals surface area contributed by atoms with Crippen LogP contribution in [0.4, 0.5) is 4.39 Å². The van der Waals surface area contributed by atoms with Gasteiger partial charge in [0.2, 0.25) is 0 Å². The number of ether oxygens (including phenoxy) is 1. The molecule has 4 aromatic rings. The second-order valence-corrected chi connectivity index (χ2v) is 7.48. The Morgan fingerprint density at radius 2 is 2.00 bits per heavy atom. The molecule has 4 rings (SSSR count). The highest BCUT2D eigenvalue weighted by molar-refractivity contribution is 6.00. The van der Waals surface area contributed by atoms with Gasteiger partial charge in [-0.2, -0.15) is 10.2 Å². The van der Waals surface area contributed by atoms with Gasteiger partial charge in [-0.05, 0) is 42.5 Å². The van der Waals surface area contributed by atoms with Crippen LogP contribution in [0.3, 0.4) is 0 Å². The second kappa shape index (κ2) is 10.2. The lowest BCUT2D eigenvalue weighted by Crippen LogP contribution is -2.48. The standard InChI is InChI=1S/C24H24FN5O3/c1-33-23(15-31)22(14-30-12-4-11-26-30)27-24(32)19-6-3-2-5-18(19)21-13-20(28-29-21)16-7-9-17(25)10-8-16/h2-13,22-23,31H,14-15H2,1H3,(H,27,32)(H,28,29)/t22-,23-/m1/s1. The van der Waals surface area contributed by atoms with Crippen LogP contribution in [0, 0.1) is 5.82 Å². The van der Waals surface area contributed by atoms with Gasteiger partial charge < -0.3 is 15.2 Å². The molecule has 0 unspecified atom stereocenters. The summed E-state index contributed by atoms with van der Waals surface area (Å²) in [6.45, 7) is 0.0741. The van der Waals surface area contributed by atoms with Gasteiger partial charge in [-0.15, -0.1) is 0 Å². The van der Waals surface area contributed by atoms with Gasteiger partial charge in [0.25, 0.3) is 5.91 Å². The van der Waals surface area contributed by atoms with E-state index < -0.39 is 12.1 Å². The Morgan fingerprint density at radius 3 is 2.70 bits per heavy atom. The number of amides is 1. The summed E-state index contributed by atoms with van der Waals surface area (Å²) in [5.74, 6) is -0.644. The SMILES string of the molecule is CO[C@H](CO)[C@@H](Cn1cccn1)NC(=O)c1ccccc1-c1cc(-c2ccc(F)cc2)n[nH]1. The highest BCUT2D eigenvalue weighted by Crippen LogP contribution is 2.26. The van der Waals surface area contributed by atoms with Crippen molar-refractivity contribution < 1.29 is 19.0 Å². The minimum absolute atomic E-state index is 0.258. The molecule has 2 heterocycles. The molecule has 2 atom stereocenters. The lowest BCUT2D eigenvalue weighted by Gasteiger charge is -2.26. The molecule has 0 aliphatic heterocycles. The first-order valence-corrected chi connectivity index (χ1v) is 10.4. The van der Waals surface area contributed by atoms with Crippen LogP contribution in [0.2, 0.25) is 0 Å². The fraction of sp³-hybridized carbons (Fsp3) is 0.208. The number of hydrogen-bond donors (Lipinski definition) is 3. The first kappa shape index (κ1) is 22.4. The normalized spacial score (nSPS) is 12.9. The van der Waals surface area contributed by atoms with Crippen molar-refractivity contribution in [2.45, 2.75) is 18.7 Å². The van der Waals surface area contributed by atoms with E-state index >= 15 is 0 Å². The van der Waals surface area contributed by atoms with E-state index in [4.69, 9.17) is 4.74 Å². The number of aromatic nitrogens is 4. The molecule has 170 valence electrons. The number of aliphatic hydroxyl groups is 1. The first-order valence-electron chi connectivity index (χ1n) is 10.4. The van der Waals surface area contributed by atoms with E-state index in [1.807, 2.05) is 18.2 Å². The van der Waals surface area contributed by atoms with Crippen molar-refractivity contribution in [3.05, 3.63) is 84.4 Å². The van der Waals surface area contributed by atoms with E-state index in [-0.39, 0.29) is 18.3 Å². The van der Waals surface area contributed by atoms with Crippen LogP contribution in [0.1, 0.15) is 10.4 Å². The van der Waals surface area contributed by atoms with Crippen LogP contribution in [0.15, 0.2) is 73.1 Å². The highest BCUT2D eigenvalue weighted by atomic mass is 19.1. The molecule has 2 aromatic carbocycles. The van der Waals surface area contributed by atoms with Crippen LogP contribution in [0.5, 0.6) is 0 Å². The van der Waals surface area contributed by atoms with Crippen molar-refractivity contribution in [1.82, 2.24) is 25.3 Å². The molecule has 8 nitrogen and oxygen atoms in total. The summed E-state index contributed by atoms with van der Waals surface area (Å²) in [6.07, 6.45) is 2.81. The lowest BCUT2D eigenvalue weighted by atomic mass is 10.0. The number of nitrogens with one attached hydrogen (secondary N) is 2. The van der Waals surface area contributed by atoms with E-state index in [1.54, 1.807) is 47.4 Å². The van der Waals surface area contributed by atoms with Gasteiger partial charge in [-0.25, -0.2) is 4.39 Å². The zero-order valence-electron chi connectivity index (χ0n) is 18.0. The minimum atomic E-state index is -0.609. The molecule has 33 heavy (non-hydrogen) atoms. The van der Waals surface area contributed by atoms with Gasteiger partial charge in [0.15, 0.2) is 0 Å². The average Bonchev–Trinajstić information content (AvgIpc) is 3.53. The van der Waals surface area contributed by atoms with Crippen LogP contribution in [-0.2, 0) is 11.3 Å². The number of halogens is 1. The van der Waals surface area contributed by atoms with Gasteiger partial charge >= 0.3 is 0 Å². The number of carbonyl (C=O) groups excluding carboxylic acids is 1. The summed E-state index contributed by atoms with van der Waals surface area (Å²) in [4.78, 5) is 13.3. The summed E-state index contributed by atoms with van der Waals surface area (Å²) in [5, 5.41) is 24.2. The van der Waals surface area contributed by atoms with E-state index in [1.165, 1.54) is 19.2 Å². The molecular weight excluding hydrogens is 425 g/mol. The molecule has 1 amide bonds. The maximum atomic E-state index is 13.3. The minimum Gasteiger partial charge on any atom is -0.394 e. The Bertz CT molecular complexity index is 1190. The third-order valence-corrected chi connectivity index (χ3v) is 5.37. The van der Waals surface area contributed by atoms with Crippen LogP contribution < -0.4 is 5.32 Å². The molecule has 0 saturated carbocycles. The first-order chi connectivity index (χ1) is 16.1. The van der Waals surface area contributed by atoms with Crippen molar-refractivity contribution in [2.75, 3.05) is 13.7 Å². The predicted octanol–water partition coefficient (Wildman–Crippen LogP) is 2.89. The zero-order valence-corrected chi connectivity index (χ0v) is 18.0. The van der Waals surface area contributed by atoms with Crippen molar-refractivity contribution in [3.8, 4) is 22.5 Å². The Balaban J connectivity index is 1.59. The van der Waals surface area contributed by atoms with Gasteiger partial charge in [0.1, 0.15) is 11.9 Å². The molecule has 9 heteroatoms. The van der Waals surface area contributed by atoms with E-state index in [9.17, 15) is 14.3 Å². The number of hydrogen-bond acceptors (Lipinski definition) is 5. The summed E-state index contributed by atoms with van der Waals surface area (Å²) in [6, 6.07) is 16.3. The number of methoxy groups -OCH3 is 1. The van der Waals surface area contributed by atoms with Gasteiger partial charge in [0, 0.05) is 36.2 Å². The van der Waals surface area contributed by atoms with Crippen molar-refractivity contribution in [2.24, 2.45) is 0 Å². The molecule has 2 aromatic heterocycles. The summed E-state index contributed by atoms with van der Waals surface area (Å²) >= 11 is 0. The van der Waals surface area contributed by atoms with Crippen molar-refractivity contribution in [1.29, 1.82) is 0 Å². The number of aromatic amines is 1. The molecule has 0 bridgehead atoms. The summed E-state index contributed by atoms with van der Waals surface area (Å²) < 4.78 is 20.3. The summed E-state index contributed by atoms with van der Waals surface area (Å²) in [5.41, 5.74) is 3.13. The van der Waals surface area contributed by atoms with Crippen LogP contribution >= 0.6 is 0 Å². The third-order valence-electron chi connectivity index (χ3n) is 5.37. The van der Waals surface area contributed by atoms with Crippen molar-refractivity contribution in [3.63, 3.8) is 0 Å². The van der Waals surface area contributed by atoms with Gasteiger partial charge in [0.05, 0.1) is 30.6 Å².